The first kappa shape index (κ1) is 35.4. The van der Waals surface area contributed by atoms with E-state index in [4.69, 9.17) is 5.11 Å². The van der Waals surface area contributed by atoms with Gasteiger partial charge in [-0.25, -0.2) is 9.78 Å². The number of thiazole rings is 1. The zero-order valence-corrected chi connectivity index (χ0v) is 28.2. The number of rotatable bonds is 11. The van der Waals surface area contributed by atoms with Crippen LogP contribution in [-0.4, -0.2) is 40.9 Å². The van der Waals surface area contributed by atoms with Crippen molar-refractivity contribution in [3.63, 3.8) is 0 Å². The van der Waals surface area contributed by atoms with Crippen LogP contribution in [0.3, 0.4) is 0 Å². The molecule has 4 N–H and O–H groups in total. The number of carbonyl (C=O) groups is 3. The summed E-state index contributed by atoms with van der Waals surface area (Å²) in [6.45, 7) is -0.0163. The molecule has 13 heteroatoms. The van der Waals surface area contributed by atoms with Crippen LogP contribution in [0.4, 0.5) is 23.7 Å². The third kappa shape index (κ3) is 9.23. The molecule has 0 saturated heterocycles. The van der Waals surface area contributed by atoms with Gasteiger partial charge in [-0.1, -0.05) is 67.8 Å². The van der Waals surface area contributed by atoms with E-state index in [0.717, 1.165) is 29.2 Å². The van der Waals surface area contributed by atoms with Crippen molar-refractivity contribution >= 4 is 45.1 Å². The average molecular weight is 717 g/mol. The highest BCUT2D eigenvalue weighted by atomic mass is 32.1. The molecule has 1 heterocycles. The first-order valence-electron chi connectivity index (χ1n) is 16.6. The topological polar surface area (TPSA) is 130 Å². The highest BCUT2D eigenvalue weighted by Crippen LogP contribution is 2.40. The quantitative estimate of drug-likeness (QED) is 0.108. The lowest BCUT2D eigenvalue weighted by Gasteiger charge is -2.24. The molecule has 1 saturated carbocycles. The van der Waals surface area contributed by atoms with Gasteiger partial charge in [0, 0.05) is 17.8 Å². The number of halogens is 3. The molecule has 264 valence electrons. The monoisotopic (exact) mass is 716 g/mol. The lowest BCUT2D eigenvalue weighted by Crippen LogP contribution is -2.33. The number of carboxylic acid groups (broad SMARTS) is 1. The lowest BCUT2D eigenvalue weighted by molar-refractivity contribution is -0.274. The Bertz CT molecular complexity index is 1980. The maximum absolute atomic E-state index is 13.6. The van der Waals surface area contributed by atoms with Gasteiger partial charge >= 0.3 is 18.4 Å². The van der Waals surface area contributed by atoms with Crippen LogP contribution in [0, 0.1) is 0 Å². The Labute approximate surface area is 295 Å². The summed E-state index contributed by atoms with van der Waals surface area (Å²) in [6, 6.07) is 24.4. The second-order valence-electron chi connectivity index (χ2n) is 12.3. The first-order chi connectivity index (χ1) is 24.5. The smallest absolute Gasteiger partial charge is 0.481 e. The number of hydrogen-bond acceptors (Lipinski definition) is 6. The van der Waals surface area contributed by atoms with Crippen LogP contribution >= 0.6 is 11.3 Å². The molecule has 0 radical (unpaired) electrons. The van der Waals surface area contributed by atoms with Crippen molar-refractivity contribution in [2.45, 2.75) is 56.8 Å². The standard InChI is InChI=1S/C38H35F3N4O5S/c39-38(40,41)50-31-19-18-28(22-29(31)36-44-30-8-4-5-9-32(30)51-36)43-37(49)45-34(25-12-10-24(11-13-25)23-6-2-1-3-7-23)26-14-16-27(17-15-26)35(48)42-21-20-33(46)47/h4-5,8-19,22-23,34H,1-3,6-7,20-21H2,(H,42,48)(H,46,47)(H2,43,45,49). The number of alkyl halides is 3. The molecule has 9 nitrogen and oxygen atoms in total. The number of ether oxygens (including phenoxy) is 1. The number of anilines is 1. The Balaban J connectivity index is 1.26. The number of carboxylic acids is 1. The van der Waals surface area contributed by atoms with E-state index < -0.39 is 36.1 Å². The van der Waals surface area contributed by atoms with Gasteiger partial charge in [-0.15, -0.1) is 24.5 Å². The minimum Gasteiger partial charge on any atom is -0.481 e. The number of benzene rings is 4. The summed E-state index contributed by atoms with van der Waals surface area (Å²) >= 11 is 1.20. The summed E-state index contributed by atoms with van der Waals surface area (Å²) in [6.07, 6.45) is 0.738. The summed E-state index contributed by atoms with van der Waals surface area (Å²) in [4.78, 5) is 41.5. The number of fused-ring (bicyclic) bond motifs is 1. The summed E-state index contributed by atoms with van der Waals surface area (Å²) in [5.41, 5.74) is 3.92. The van der Waals surface area contributed by atoms with Gasteiger partial charge in [0.2, 0.25) is 0 Å². The van der Waals surface area contributed by atoms with Crippen LogP contribution in [0.1, 0.15) is 77.5 Å². The lowest BCUT2D eigenvalue weighted by atomic mass is 9.83. The number of urea groups is 1. The second-order valence-corrected chi connectivity index (χ2v) is 13.3. The fourth-order valence-corrected chi connectivity index (χ4v) is 7.23. The molecular formula is C38H35F3N4O5S. The number of para-hydroxylation sites is 1. The van der Waals surface area contributed by atoms with Crippen LogP contribution in [0.15, 0.2) is 91.0 Å². The molecule has 0 aliphatic heterocycles. The van der Waals surface area contributed by atoms with Gasteiger partial charge in [0.25, 0.3) is 5.91 Å². The minimum absolute atomic E-state index is 0.0163. The van der Waals surface area contributed by atoms with Crippen molar-refractivity contribution in [2.24, 2.45) is 0 Å². The summed E-state index contributed by atoms with van der Waals surface area (Å²) < 4.78 is 45.1. The van der Waals surface area contributed by atoms with Crippen molar-refractivity contribution < 1.29 is 37.4 Å². The number of amides is 3. The number of hydrogen-bond donors (Lipinski definition) is 4. The molecule has 1 fully saturated rings. The predicted octanol–water partition coefficient (Wildman–Crippen LogP) is 9.03. The summed E-state index contributed by atoms with van der Waals surface area (Å²) in [5, 5.41) is 17.5. The van der Waals surface area contributed by atoms with E-state index in [1.807, 2.05) is 24.3 Å². The molecule has 0 bridgehead atoms. The normalized spacial score (nSPS) is 14.1. The van der Waals surface area contributed by atoms with Crippen LogP contribution in [0.25, 0.3) is 20.8 Å². The van der Waals surface area contributed by atoms with Crippen molar-refractivity contribution in [2.75, 3.05) is 11.9 Å². The molecule has 1 atom stereocenters. The Morgan fingerprint density at radius 2 is 1.59 bits per heavy atom. The van der Waals surface area contributed by atoms with E-state index in [1.54, 1.807) is 36.4 Å². The van der Waals surface area contributed by atoms with Gasteiger partial charge in [0.05, 0.1) is 28.2 Å². The Hall–Kier alpha value is -5.43. The highest BCUT2D eigenvalue weighted by Gasteiger charge is 2.33. The third-order valence-corrected chi connectivity index (χ3v) is 9.81. The van der Waals surface area contributed by atoms with Crippen LogP contribution < -0.4 is 20.7 Å². The van der Waals surface area contributed by atoms with Crippen LogP contribution in [0.5, 0.6) is 5.75 Å². The molecule has 1 aliphatic rings. The number of carbonyl (C=O) groups excluding carboxylic acids is 2. The van der Waals surface area contributed by atoms with Gasteiger partial charge in [-0.3, -0.25) is 9.59 Å². The molecule has 4 aromatic carbocycles. The molecule has 1 unspecified atom stereocenters. The zero-order chi connectivity index (χ0) is 36.0. The molecule has 3 amide bonds. The van der Waals surface area contributed by atoms with Gasteiger partial charge in [-0.05, 0) is 77.9 Å². The molecule has 1 aliphatic carbocycles. The van der Waals surface area contributed by atoms with Crippen molar-refractivity contribution in [1.82, 2.24) is 15.6 Å². The van der Waals surface area contributed by atoms with Crippen LogP contribution in [-0.2, 0) is 4.79 Å². The van der Waals surface area contributed by atoms with Crippen molar-refractivity contribution in [1.29, 1.82) is 0 Å². The number of aliphatic carboxylic acids is 1. The fraction of sp³-hybridized carbons (Fsp3) is 0.263. The predicted molar refractivity (Wildman–Crippen MR) is 189 cm³/mol. The third-order valence-electron chi connectivity index (χ3n) is 8.74. The summed E-state index contributed by atoms with van der Waals surface area (Å²) in [5.74, 6) is -1.42. The van der Waals surface area contributed by atoms with E-state index in [2.05, 4.69) is 37.8 Å². The van der Waals surface area contributed by atoms with E-state index in [1.165, 1.54) is 48.3 Å². The number of nitrogens with one attached hydrogen (secondary N) is 3. The Kier molecular flexibility index (Phi) is 10.8. The molecule has 51 heavy (non-hydrogen) atoms. The number of aromatic nitrogens is 1. The molecule has 5 aromatic rings. The molecule has 0 spiro atoms. The zero-order valence-electron chi connectivity index (χ0n) is 27.3. The van der Waals surface area contributed by atoms with Gasteiger partial charge in [-0.2, -0.15) is 0 Å². The summed E-state index contributed by atoms with van der Waals surface area (Å²) in [7, 11) is 0. The van der Waals surface area contributed by atoms with E-state index in [-0.39, 0.29) is 24.2 Å². The second kappa shape index (κ2) is 15.6. The van der Waals surface area contributed by atoms with Crippen molar-refractivity contribution in [3.8, 4) is 16.3 Å². The minimum atomic E-state index is -4.94. The maximum atomic E-state index is 13.6. The number of nitrogens with zero attached hydrogens (tertiary/aromatic N) is 1. The van der Waals surface area contributed by atoms with E-state index in [0.29, 0.717) is 27.6 Å². The average Bonchev–Trinajstić information content (AvgIpc) is 3.55. The highest BCUT2D eigenvalue weighted by molar-refractivity contribution is 7.21. The van der Waals surface area contributed by atoms with Gasteiger partial charge < -0.3 is 25.8 Å². The largest absolute Gasteiger partial charge is 0.573 e. The molecule has 1 aromatic heterocycles. The Morgan fingerprint density at radius 1 is 0.902 bits per heavy atom. The Morgan fingerprint density at radius 3 is 2.25 bits per heavy atom. The van der Waals surface area contributed by atoms with E-state index in [9.17, 15) is 27.6 Å². The maximum Gasteiger partial charge on any atom is 0.573 e. The first-order valence-corrected chi connectivity index (χ1v) is 17.4. The SMILES string of the molecule is O=C(O)CCNC(=O)c1ccc(C(NC(=O)Nc2ccc(OC(F)(F)F)c(-c3nc4ccccc4s3)c2)c2ccc(C3CCCCC3)cc2)cc1. The fourth-order valence-electron chi connectivity index (χ4n) is 6.24. The van der Waals surface area contributed by atoms with Crippen LogP contribution in [0.2, 0.25) is 0 Å². The van der Waals surface area contributed by atoms with Gasteiger partial charge in [0.15, 0.2) is 0 Å². The molecular weight excluding hydrogens is 682 g/mol. The van der Waals surface area contributed by atoms with E-state index >= 15 is 0 Å². The van der Waals surface area contributed by atoms with Gasteiger partial charge in [0.1, 0.15) is 10.8 Å². The van der Waals surface area contributed by atoms with Crippen molar-refractivity contribution in [3.05, 3.63) is 113 Å². The molecule has 6 rings (SSSR count).